The number of morpholine rings is 1. The number of carbonyl (C=O) groups excluding carboxylic acids is 1. The van der Waals surface area contributed by atoms with Gasteiger partial charge in [0.05, 0.1) is 25.1 Å². The van der Waals surface area contributed by atoms with Gasteiger partial charge >= 0.3 is 6.03 Å². The molecule has 0 spiro atoms. The predicted molar refractivity (Wildman–Crippen MR) is 92.3 cm³/mol. The van der Waals surface area contributed by atoms with Crippen LogP contribution in [0.15, 0.2) is 35.8 Å². The molecular weight excluding hydrogens is 312 g/mol. The first kappa shape index (κ1) is 15.8. The number of carbonyl (C=O) groups is 1. The zero-order chi connectivity index (χ0) is 15.9. The third-order valence-corrected chi connectivity index (χ3v) is 4.51. The Morgan fingerprint density at radius 1 is 1.30 bits per heavy atom. The van der Waals surface area contributed by atoms with Crippen LogP contribution in [-0.2, 0) is 11.2 Å². The minimum atomic E-state index is -0.206. The van der Waals surface area contributed by atoms with E-state index < -0.39 is 0 Å². The van der Waals surface area contributed by atoms with E-state index in [2.05, 4.69) is 26.6 Å². The van der Waals surface area contributed by atoms with Crippen molar-refractivity contribution in [3.8, 4) is 0 Å². The van der Waals surface area contributed by atoms with E-state index in [1.54, 1.807) is 17.5 Å². The second kappa shape index (κ2) is 7.94. The van der Waals surface area contributed by atoms with Crippen LogP contribution in [-0.4, -0.2) is 43.9 Å². The molecule has 2 N–H and O–H groups in total. The standard InChI is InChI=1S/C16H20N4O2S/c21-16(17-6-5-14-2-1-11-23-14)19-13-3-4-15(18-12-13)20-7-9-22-10-8-20/h1-4,11-12H,5-10H2,(H2,17,19,21). The molecule has 3 rings (SSSR count). The number of urea groups is 1. The van der Waals surface area contributed by atoms with Gasteiger partial charge in [0.15, 0.2) is 0 Å². The molecule has 23 heavy (non-hydrogen) atoms. The third-order valence-electron chi connectivity index (χ3n) is 3.58. The number of pyridine rings is 1. The summed E-state index contributed by atoms with van der Waals surface area (Å²) >= 11 is 1.70. The molecule has 1 fully saturated rings. The Morgan fingerprint density at radius 2 is 2.17 bits per heavy atom. The molecule has 3 heterocycles. The number of nitrogens with one attached hydrogen (secondary N) is 2. The van der Waals surface area contributed by atoms with Crippen LogP contribution < -0.4 is 15.5 Å². The molecule has 6 nitrogen and oxygen atoms in total. The second-order valence-electron chi connectivity index (χ2n) is 5.21. The normalized spacial score (nSPS) is 14.5. The van der Waals surface area contributed by atoms with Gasteiger partial charge in [0.2, 0.25) is 0 Å². The molecule has 0 atom stereocenters. The number of amides is 2. The molecule has 0 bridgehead atoms. The number of anilines is 2. The number of thiophene rings is 1. The molecule has 1 aliphatic heterocycles. The van der Waals surface area contributed by atoms with Crippen molar-refractivity contribution in [1.29, 1.82) is 0 Å². The number of hydrogen-bond acceptors (Lipinski definition) is 5. The molecule has 0 aliphatic carbocycles. The zero-order valence-corrected chi connectivity index (χ0v) is 13.6. The van der Waals surface area contributed by atoms with Crippen LogP contribution in [0, 0.1) is 0 Å². The number of nitrogens with zero attached hydrogens (tertiary/aromatic N) is 2. The lowest BCUT2D eigenvalue weighted by Gasteiger charge is -2.27. The van der Waals surface area contributed by atoms with Crippen LogP contribution in [0.4, 0.5) is 16.3 Å². The van der Waals surface area contributed by atoms with Crippen molar-refractivity contribution in [2.75, 3.05) is 43.1 Å². The Hall–Kier alpha value is -2.12. The van der Waals surface area contributed by atoms with E-state index in [1.165, 1.54) is 4.88 Å². The van der Waals surface area contributed by atoms with Crippen molar-refractivity contribution in [1.82, 2.24) is 10.3 Å². The average Bonchev–Trinajstić information content (AvgIpc) is 3.10. The fourth-order valence-electron chi connectivity index (χ4n) is 2.37. The van der Waals surface area contributed by atoms with E-state index >= 15 is 0 Å². The maximum atomic E-state index is 11.9. The summed E-state index contributed by atoms with van der Waals surface area (Å²) in [6.45, 7) is 3.78. The molecule has 122 valence electrons. The van der Waals surface area contributed by atoms with Gasteiger partial charge < -0.3 is 20.3 Å². The highest BCUT2D eigenvalue weighted by Crippen LogP contribution is 2.15. The first-order chi connectivity index (χ1) is 11.3. The second-order valence-corrected chi connectivity index (χ2v) is 6.25. The maximum absolute atomic E-state index is 11.9. The van der Waals surface area contributed by atoms with Crippen molar-refractivity contribution in [3.05, 3.63) is 40.7 Å². The van der Waals surface area contributed by atoms with Gasteiger partial charge in [-0.15, -0.1) is 11.3 Å². The molecule has 2 amide bonds. The van der Waals surface area contributed by atoms with Crippen LogP contribution in [0.25, 0.3) is 0 Å². The topological polar surface area (TPSA) is 66.5 Å². The smallest absolute Gasteiger partial charge is 0.319 e. The van der Waals surface area contributed by atoms with Crippen molar-refractivity contribution in [2.45, 2.75) is 6.42 Å². The highest BCUT2D eigenvalue weighted by atomic mass is 32.1. The average molecular weight is 332 g/mol. The van der Waals surface area contributed by atoms with Gasteiger partial charge in [-0.25, -0.2) is 9.78 Å². The summed E-state index contributed by atoms with van der Waals surface area (Å²) < 4.78 is 5.33. The quantitative estimate of drug-likeness (QED) is 0.882. The van der Waals surface area contributed by atoms with Crippen LogP contribution in [0.5, 0.6) is 0 Å². The number of rotatable bonds is 5. The maximum Gasteiger partial charge on any atom is 0.319 e. The Labute approximate surface area is 139 Å². The predicted octanol–water partition coefficient (Wildman–Crippen LogP) is 2.34. The van der Waals surface area contributed by atoms with Gasteiger partial charge in [0.25, 0.3) is 0 Å². The van der Waals surface area contributed by atoms with Gasteiger partial charge in [-0.05, 0) is 30.0 Å². The van der Waals surface area contributed by atoms with Crippen molar-refractivity contribution in [2.24, 2.45) is 0 Å². The Morgan fingerprint density at radius 3 is 2.87 bits per heavy atom. The Bertz CT molecular complexity index is 610. The SMILES string of the molecule is O=C(NCCc1cccs1)Nc1ccc(N2CCOCC2)nc1. The van der Waals surface area contributed by atoms with Crippen LogP contribution in [0.2, 0.25) is 0 Å². The lowest BCUT2D eigenvalue weighted by molar-refractivity contribution is 0.122. The molecule has 0 saturated carbocycles. The molecule has 0 radical (unpaired) electrons. The van der Waals surface area contributed by atoms with Gasteiger partial charge in [0, 0.05) is 24.5 Å². The number of hydrogen-bond donors (Lipinski definition) is 2. The van der Waals surface area contributed by atoms with Gasteiger partial charge in [0.1, 0.15) is 5.82 Å². The Balaban J connectivity index is 1.44. The Kier molecular flexibility index (Phi) is 5.44. The van der Waals surface area contributed by atoms with Crippen LogP contribution >= 0.6 is 11.3 Å². The van der Waals surface area contributed by atoms with Crippen molar-refractivity contribution < 1.29 is 9.53 Å². The summed E-state index contributed by atoms with van der Waals surface area (Å²) in [5.41, 5.74) is 0.690. The highest BCUT2D eigenvalue weighted by molar-refractivity contribution is 7.09. The van der Waals surface area contributed by atoms with E-state index in [9.17, 15) is 4.79 Å². The first-order valence-electron chi connectivity index (χ1n) is 7.67. The third kappa shape index (κ3) is 4.67. The summed E-state index contributed by atoms with van der Waals surface area (Å²) in [6.07, 6.45) is 2.53. The van der Waals surface area contributed by atoms with Gasteiger partial charge in [-0.2, -0.15) is 0 Å². The molecule has 1 saturated heterocycles. The summed E-state index contributed by atoms with van der Waals surface area (Å²) in [5.74, 6) is 0.914. The molecule has 2 aromatic rings. The lowest BCUT2D eigenvalue weighted by Crippen LogP contribution is -2.36. The minimum Gasteiger partial charge on any atom is -0.378 e. The molecule has 7 heteroatoms. The molecular formula is C16H20N4O2S. The molecule has 0 aromatic carbocycles. The largest absolute Gasteiger partial charge is 0.378 e. The van der Waals surface area contributed by atoms with Gasteiger partial charge in [-0.1, -0.05) is 6.07 Å². The van der Waals surface area contributed by atoms with Crippen LogP contribution in [0.1, 0.15) is 4.88 Å². The number of aromatic nitrogens is 1. The minimum absolute atomic E-state index is 0.206. The van der Waals surface area contributed by atoms with E-state index in [-0.39, 0.29) is 6.03 Å². The first-order valence-corrected chi connectivity index (χ1v) is 8.55. The zero-order valence-electron chi connectivity index (χ0n) is 12.8. The monoisotopic (exact) mass is 332 g/mol. The van der Waals surface area contributed by atoms with Crippen molar-refractivity contribution >= 4 is 28.9 Å². The molecule has 1 aliphatic rings. The van der Waals surface area contributed by atoms with E-state index in [1.807, 2.05) is 23.6 Å². The highest BCUT2D eigenvalue weighted by Gasteiger charge is 2.12. The summed E-state index contributed by atoms with van der Waals surface area (Å²) in [7, 11) is 0. The summed E-state index contributed by atoms with van der Waals surface area (Å²) in [5, 5.41) is 7.69. The van der Waals surface area contributed by atoms with E-state index in [0.717, 1.165) is 38.5 Å². The fraction of sp³-hybridized carbons (Fsp3) is 0.375. The van der Waals surface area contributed by atoms with Crippen LogP contribution in [0.3, 0.4) is 0 Å². The fourth-order valence-corrected chi connectivity index (χ4v) is 3.08. The number of ether oxygens (including phenoxy) is 1. The van der Waals surface area contributed by atoms with E-state index in [0.29, 0.717) is 12.2 Å². The molecule has 0 unspecified atom stereocenters. The van der Waals surface area contributed by atoms with Gasteiger partial charge in [-0.3, -0.25) is 0 Å². The summed E-state index contributed by atoms with van der Waals surface area (Å²) in [6, 6.07) is 7.67. The summed E-state index contributed by atoms with van der Waals surface area (Å²) in [4.78, 5) is 19.7. The van der Waals surface area contributed by atoms with Crippen molar-refractivity contribution in [3.63, 3.8) is 0 Å². The van der Waals surface area contributed by atoms with E-state index in [4.69, 9.17) is 4.74 Å². The molecule has 2 aromatic heterocycles. The lowest BCUT2D eigenvalue weighted by atomic mass is 10.3.